The number of hydrogen-bond donors (Lipinski definition) is 7. The van der Waals surface area contributed by atoms with Crippen molar-refractivity contribution in [3.05, 3.63) is 47.5 Å². The zero-order chi connectivity index (χ0) is 30.3. The van der Waals surface area contributed by atoms with E-state index >= 15 is 0 Å². The second-order valence-electron chi connectivity index (χ2n) is 10.4. The van der Waals surface area contributed by atoms with Gasteiger partial charge in [-0.3, -0.25) is 4.79 Å². The van der Waals surface area contributed by atoms with Crippen LogP contribution in [0, 0.1) is 0 Å². The van der Waals surface area contributed by atoms with Crippen LogP contribution in [0.4, 0.5) is 0 Å². The van der Waals surface area contributed by atoms with Crippen LogP contribution in [0.1, 0.15) is 35.4 Å². The molecule has 3 aliphatic heterocycles. The molecule has 0 saturated carbocycles. The number of carbonyl (C=O) groups is 1. The molecule has 0 unspecified atom stereocenters. The maximum absolute atomic E-state index is 12.9. The van der Waals surface area contributed by atoms with Crippen molar-refractivity contribution in [2.24, 2.45) is 0 Å². The van der Waals surface area contributed by atoms with Crippen LogP contribution in [0.2, 0.25) is 0 Å². The molecule has 2 saturated heterocycles. The Bertz CT molecular complexity index is 1250. The highest BCUT2D eigenvalue weighted by molar-refractivity contribution is 6.02. The van der Waals surface area contributed by atoms with Gasteiger partial charge < -0.3 is 64.2 Å². The van der Waals surface area contributed by atoms with E-state index in [0.717, 1.165) is 6.07 Å². The highest BCUT2D eigenvalue weighted by atomic mass is 16.8. The Balaban J connectivity index is 1.40. The van der Waals surface area contributed by atoms with E-state index in [4.69, 9.17) is 28.4 Å². The van der Waals surface area contributed by atoms with Gasteiger partial charge in [-0.05, 0) is 24.6 Å². The van der Waals surface area contributed by atoms with Gasteiger partial charge in [-0.15, -0.1) is 0 Å². The highest BCUT2D eigenvalue weighted by Crippen LogP contribution is 2.43. The first-order chi connectivity index (χ1) is 20.0. The van der Waals surface area contributed by atoms with Crippen LogP contribution < -0.4 is 14.2 Å². The molecule has 7 N–H and O–H groups in total. The van der Waals surface area contributed by atoms with Gasteiger partial charge in [0.1, 0.15) is 71.3 Å². The standard InChI is InChI=1S/C28H34O14/c1-11-21(32)23(34)25(36)27(38-11)42-26-24(35)22(33)19(10-29)41-28(26)39-14-7-15(30)20-16(31)9-17(40-18(20)8-14)12-3-5-13(37-2)6-4-12/h3-8,11,17,19,21-30,32-36H,9-10H2,1-2H3/t11-,17+,19+,21-,22+,23+,24-,25-,26+,27+,28+/m0/s1. The van der Waals surface area contributed by atoms with E-state index < -0.39 is 79.9 Å². The number of aliphatic hydroxyl groups is 6. The van der Waals surface area contributed by atoms with Crippen LogP contribution in [0.25, 0.3) is 0 Å². The molecule has 0 radical (unpaired) electrons. The third-order valence-electron chi connectivity index (χ3n) is 7.64. The summed E-state index contributed by atoms with van der Waals surface area (Å²) in [6.45, 7) is 0.733. The van der Waals surface area contributed by atoms with Crippen molar-refractivity contribution in [1.29, 1.82) is 0 Å². The number of aliphatic hydroxyl groups excluding tert-OH is 6. The molecule has 2 fully saturated rings. The third kappa shape index (κ3) is 5.77. The minimum atomic E-state index is -1.74. The van der Waals surface area contributed by atoms with Gasteiger partial charge in [-0.1, -0.05) is 12.1 Å². The molecule has 3 aliphatic rings. The van der Waals surface area contributed by atoms with Crippen molar-refractivity contribution < 1.29 is 69.0 Å². The topological polar surface area (TPSA) is 214 Å². The first kappa shape index (κ1) is 30.4. The van der Waals surface area contributed by atoms with Crippen molar-refractivity contribution in [1.82, 2.24) is 0 Å². The Labute approximate surface area is 240 Å². The number of Topliss-reactive ketones (excluding diaryl/α,β-unsaturated/α-hetero) is 1. The molecule has 0 aliphatic carbocycles. The number of hydrogen-bond acceptors (Lipinski definition) is 14. The van der Waals surface area contributed by atoms with E-state index in [1.165, 1.54) is 20.1 Å². The highest BCUT2D eigenvalue weighted by Gasteiger charge is 2.51. The molecule has 5 rings (SSSR count). The van der Waals surface area contributed by atoms with Crippen LogP contribution in [0.15, 0.2) is 36.4 Å². The number of fused-ring (bicyclic) bond motifs is 1. The summed E-state index contributed by atoms with van der Waals surface area (Å²) < 4.78 is 33.9. The Morgan fingerprint density at radius 2 is 1.60 bits per heavy atom. The lowest BCUT2D eigenvalue weighted by Crippen LogP contribution is -2.64. The van der Waals surface area contributed by atoms with E-state index in [2.05, 4.69) is 0 Å². The van der Waals surface area contributed by atoms with E-state index in [-0.39, 0.29) is 29.3 Å². The summed E-state index contributed by atoms with van der Waals surface area (Å²) >= 11 is 0. The SMILES string of the molecule is COc1ccc([C@H]2CC(=O)c3c(O)cc(O[C@@H]4O[C@H](CO)[C@@H](O)[C@H](O)[C@H]4O[C@H]4O[C@@H](C)[C@H](O)[C@@H](O)[C@@H]4O)cc3O2)cc1. The second kappa shape index (κ2) is 12.3. The Hall–Kier alpha value is -3.05. The molecule has 14 heteroatoms. The zero-order valence-electron chi connectivity index (χ0n) is 22.7. The number of phenols is 1. The number of ether oxygens (including phenoxy) is 6. The lowest BCUT2D eigenvalue weighted by Gasteiger charge is -2.45. The Morgan fingerprint density at radius 1 is 0.881 bits per heavy atom. The lowest BCUT2D eigenvalue weighted by atomic mass is 9.95. The minimum Gasteiger partial charge on any atom is -0.507 e. The summed E-state index contributed by atoms with van der Waals surface area (Å²) in [4.78, 5) is 12.9. The maximum atomic E-state index is 12.9. The van der Waals surface area contributed by atoms with Crippen molar-refractivity contribution in [3.63, 3.8) is 0 Å². The second-order valence-corrected chi connectivity index (χ2v) is 10.4. The van der Waals surface area contributed by atoms with E-state index in [1.807, 2.05) is 0 Å². The molecule has 14 nitrogen and oxygen atoms in total. The largest absolute Gasteiger partial charge is 0.507 e. The summed E-state index contributed by atoms with van der Waals surface area (Å²) in [6, 6.07) is 9.42. The van der Waals surface area contributed by atoms with Crippen LogP contribution >= 0.6 is 0 Å². The number of benzene rings is 2. The molecule has 0 aromatic heterocycles. The van der Waals surface area contributed by atoms with E-state index in [0.29, 0.717) is 11.3 Å². The van der Waals surface area contributed by atoms with Crippen molar-refractivity contribution >= 4 is 5.78 Å². The van der Waals surface area contributed by atoms with E-state index in [1.54, 1.807) is 24.3 Å². The molecule has 230 valence electrons. The Kier molecular flexibility index (Phi) is 8.89. The average Bonchev–Trinajstić information content (AvgIpc) is 2.97. The molecular formula is C28H34O14. The van der Waals surface area contributed by atoms with Crippen LogP contribution in [0.3, 0.4) is 0 Å². The van der Waals surface area contributed by atoms with Crippen LogP contribution in [0.5, 0.6) is 23.0 Å². The van der Waals surface area contributed by atoms with Crippen molar-refractivity contribution in [2.45, 2.75) is 80.9 Å². The van der Waals surface area contributed by atoms with E-state index in [9.17, 15) is 40.5 Å². The molecule has 0 amide bonds. The first-order valence-electron chi connectivity index (χ1n) is 13.4. The summed E-state index contributed by atoms with van der Waals surface area (Å²) in [7, 11) is 1.53. The normalized spacial score (nSPS) is 36.6. The predicted molar refractivity (Wildman–Crippen MR) is 139 cm³/mol. The molecule has 2 aromatic carbocycles. The molecule has 2 aromatic rings. The van der Waals surface area contributed by atoms with Crippen molar-refractivity contribution in [3.8, 4) is 23.0 Å². The molecule has 11 atom stereocenters. The van der Waals surface area contributed by atoms with Gasteiger partial charge in [-0.2, -0.15) is 0 Å². The quantitative estimate of drug-likeness (QED) is 0.208. The monoisotopic (exact) mass is 594 g/mol. The summed E-state index contributed by atoms with van der Waals surface area (Å²) in [5, 5.41) is 72.3. The first-order valence-corrected chi connectivity index (χ1v) is 13.4. The van der Waals surface area contributed by atoms with Gasteiger partial charge in [0, 0.05) is 12.1 Å². The molecule has 0 bridgehead atoms. The number of methoxy groups -OCH3 is 1. The zero-order valence-corrected chi connectivity index (χ0v) is 22.7. The molecule has 0 spiro atoms. The summed E-state index contributed by atoms with van der Waals surface area (Å²) in [5.41, 5.74) is 0.647. The van der Waals surface area contributed by atoms with Crippen LogP contribution in [-0.2, 0) is 14.2 Å². The van der Waals surface area contributed by atoms with Gasteiger partial charge >= 0.3 is 0 Å². The molecular weight excluding hydrogens is 560 g/mol. The van der Waals surface area contributed by atoms with Gasteiger partial charge in [0.2, 0.25) is 6.29 Å². The van der Waals surface area contributed by atoms with Gasteiger partial charge in [-0.25, -0.2) is 0 Å². The fourth-order valence-electron chi connectivity index (χ4n) is 5.20. The summed E-state index contributed by atoms with van der Waals surface area (Å²) in [6.07, 6.45) is -15.8. The smallest absolute Gasteiger partial charge is 0.229 e. The predicted octanol–water partition coefficient (Wildman–Crippen LogP) is -0.862. The lowest BCUT2D eigenvalue weighted by molar-refractivity contribution is -0.354. The Morgan fingerprint density at radius 3 is 2.26 bits per heavy atom. The number of ketones is 1. The fourth-order valence-corrected chi connectivity index (χ4v) is 5.20. The van der Waals surface area contributed by atoms with Gasteiger partial charge in [0.15, 0.2) is 18.2 Å². The number of carbonyl (C=O) groups excluding carboxylic acids is 1. The fraction of sp³-hybridized carbons (Fsp3) is 0.536. The average molecular weight is 595 g/mol. The number of aromatic hydroxyl groups is 1. The summed E-state index contributed by atoms with van der Waals surface area (Å²) in [5.74, 6) is -0.244. The number of phenolic OH excluding ortho intramolecular Hbond substituents is 1. The van der Waals surface area contributed by atoms with Gasteiger partial charge in [0.05, 0.1) is 26.2 Å². The maximum Gasteiger partial charge on any atom is 0.229 e. The number of rotatable bonds is 7. The van der Waals surface area contributed by atoms with Gasteiger partial charge in [0.25, 0.3) is 0 Å². The minimum absolute atomic E-state index is 0.0200. The molecule has 42 heavy (non-hydrogen) atoms. The van der Waals surface area contributed by atoms with Crippen molar-refractivity contribution in [2.75, 3.05) is 13.7 Å². The van der Waals surface area contributed by atoms with Crippen LogP contribution in [-0.4, -0.2) is 117 Å². The molecule has 3 heterocycles. The third-order valence-corrected chi connectivity index (χ3v) is 7.64.